The van der Waals surface area contributed by atoms with E-state index < -0.39 is 18.0 Å². The summed E-state index contributed by atoms with van der Waals surface area (Å²) in [5, 5.41) is 5.02. The molecule has 1 amide bonds. The number of thiazole rings is 1. The Labute approximate surface area is 228 Å². The van der Waals surface area contributed by atoms with Crippen LogP contribution in [0, 0.1) is 0 Å². The third kappa shape index (κ3) is 5.75. The predicted molar refractivity (Wildman–Crippen MR) is 150 cm³/mol. The molecular formula is C29H26N4O5S. The van der Waals surface area contributed by atoms with Crippen molar-refractivity contribution in [3.8, 4) is 34.1 Å². The predicted octanol–water partition coefficient (Wildman–Crippen LogP) is 5.94. The molecule has 1 atom stereocenters. The van der Waals surface area contributed by atoms with Gasteiger partial charge in [-0.2, -0.15) is 0 Å². The molecule has 0 fully saturated rings. The third-order valence-electron chi connectivity index (χ3n) is 6.09. The molecule has 0 saturated heterocycles. The first-order chi connectivity index (χ1) is 19.0. The summed E-state index contributed by atoms with van der Waals surface area (Å²) in [5.41, 5.74) is 4.16. The van der Waals surface area contributed by atoms with E-state index in [1.165, 1.54) is 11.3 Å². The van der Waals surface area contributed by atoms with Crippen LogP contribution in [0.4, 0.5) is 5.13 Å². The number of nitrogens with zero attached hydrogens (tertiary/aromatic N) is 2. The lowest BCUT2D eigenvalue weighted by Gasteiger charge is -2.15. The normalized spacial score (nSPS) is 11.7. The van der Waals surface area contributed by atoms with Crippen molar-refractivity contribution in [2.75, 3.05) is 19.5 Å². The maximum Gasteiger partial charge on any atom is 0.338 e. The number of hydrogen-bond donors (Lipinski definition) is 2. The topological polar surface area (TPSA) is 115 Å². The second kappa shape index (κ2) is 11.4. The summed E-state index contributed by atoms with van der Waals surface area (Å²) in [6.45, 7) is 1.78. The number of nitrogens with one attached hydrogen (secondary N) is 2. The van der Waals surface area contributed by atoms with Gasteiger partial charge in [0, 0.05) is 16.5 Å². The van der Waals surface area contributed by atoms with Crippen molar-refractivity contribution in [3.63, 3.8) is 0 Å². The maximum atomic E-state index is 12.9. The zero-order chi connectivity index (χ0) is 27.4. The molecule has 3 aromatic carbocycles. The van der Waals surface area contributed by atoms with Crippen molar-refractivity contribution >= 4 is 39.4 Å². The van der Waals surface area contributed by atoms with Crippen LogP contribution < -0.4 is 14.8 Å². The highest BCUT2D eigenvalue weighted by Gasteiger charge is 2.23. The summed E-state index contributed by atoms with van der Waals surface area (Å²) < 4.78 is 16.0. The number of carbonyl (C=O) groups excluding carboxylic acids is 2. The van der Waals surface area contributed by atoms with Gasteiger partial charge in [0.1, 0.15) is 17.3 Å². The molecule has 10 heteroatoms. The Balaban J connectivity index is 1.26. The summed E-state index contributed by atoms with van der Waals surface area (Å²) in [7, 11) is 3.22. The third-order valence-corrected chi connectivity index (χ3v) is 6.85. The number of H-pyrrole nitrogens is 1. The highest BCUT2D eigenvalue weighted by Crippen LogP contribution is 2.28. The van der Waals surface area contributed by atoms with Crippen molar-refractivity contribution in [1.82, 2.24) is 15.0 Å². The largest absolute Gasteiger partial charge is 0.497 e. The van der Waals surface area contributed by atoms with Gasteiger partial charge in [0.15, 0.2) is 11.2 Å². The fourth-order valence-corrected chi connectivity index (χ4v) is 4.70. The summed E-state index contributed by atoms with van der Waals surface area (Å²) >= 11 is 1.29. The molecule has 0 spiro atoms. The molecule has 198 valence electrons. The molecule has 0 radical (unpaired) electrons. The fraction of sp³-hybridized carbons (Fsp3) is 0.172. The highest BCUT2D eigenvalue weighted by molar-refractivity contribution is 7.14. The molecule has 5 rings (SSSR count). The number of methoxy groups -OCH3 is 2. The van der Waals surface area contributed by atoms with Crippen LogP contribution in [-0.2, 0) is 9.53 Å². The van der Waals surface area contributed by atoms with Crippen molar-refractivity contribution < 1.29 is 23.8 Å². The molecule has 0 aliphatic carbocycles. The van der Waals surface area contributed by atoms with E-state index in [1.807, 2.05) is 53.9 Å². The average Bonchev–Trinajstić information content (AvgIpc) is 3.62. The Bertz CT molecular complexity index is 1630. The Hall–Kier alpha value is -4.70. The van der Waals surface area contributed by atoms with Gasteiger partial charge in [0.2, 0.25) is 0 Å². The van der Waals surface area contributed by atoms with Gasteiger partial charge in [-0.05, 0) is 61.0 Å². The van der Waals surface area contributed by atoms with Crippen LogP contribution in [0.5, 0.6) is 11.5 Å². The van der Waals surface area contributed by atoms with Gasteiger partial charge in [-0.3, -0.25) is 10.1 Å². The number of benzene rings is 3. The van der Waals surface area contributed by atoms with E-state index in [2.05, 4.69) is 20.3 Å². The standard InChI is InChI=1S/C29H26N4O5S/c1-4-25(27(34)33-29-32-24(16-39-29)18-6-5-7-21(14-18)37-3)38-28(35)19-10-13-22-23(15-19)31-26(30-22)17-8-11-20(36-2)12-9-17/h5-16,25H,4H2,1-3H3,(H,30,31)(H,32,33,34). The summed E-state index contributed by atoms with van der Waals surface area (Å²) in [5.74, 6) is 1.09. The summed E-state index contributed by atoms with van der Waals surface area (Å²) in [6.07, 6.45) is -0.673. The van der Waals surface area contributed by atoms with Crippen LogP contribution in [0.1, 0.15) is 23.7 Å². The van der Waals surface area contributed by atoms with Gasteiger partial charge in [-0.1, -0.05) is 19.1 Å². The average molecular weight is 543 g/mol. The van der Waals surface area contributed by atoms with Crippen LogP contribution in [0.15, 0.2) is 72.1 Å². The molecule has 2 N–H and O–H groups in total. The number of carbonyl (C=O) groups is 2. The van der Waals surface area contributed by atoms with Crippen molar-refractivity contribution in [2.45, 2.75) is 19.4 Å². The van der Waals surface area contributed by atoms with Gasteiger partial charge in [0.05, 0.1) is 36.5 Å². The number of aromatic nitrogens is 3. The SMILES string of the molecule is CCC(OC(=O)c1ccc2nc(-c3ccc(OC)cc3)[nH]c2c1)C(=O)Nc1nc(-c2cccc(OC)c2)cs1. The van der Waals surface area contributed by atoms with Crippen LogP contribution in [0.3, 0.4) is 0 Å². The Kier molecular flexibility index (Phi) is 7.55. The Morgan fingerprint density at radius 1 is 0.949 bits per heavy atom. The zero-order valence-electron chi connectivity index (χ0n) is 21.6. The number of amides is 1. The molecule has 0 bridgehead atoms. The first-order valence-electron chi connectivity index (χ1n) is 12.2. The lowest BCUT2D eigenvalue weighted by molar-refractivity contribution is -0.124. The molecule has 2 aromatic heterocycles. The van der Waals surface area contributed by atoms with E-state index in [0.29, 0.717) is 45.4 Å². The molecule has 0 aliphatic heterocycles. The number of aromatic amines is 1. The minimum atomic E-state index is -0.978. The second-order valence-corrected chi connectivity index (χ2v) is 9.47. The van der Waals surface area contributed by atoms with Crippen LogP contribution >= 0.6 is 11.3 Å². The summed E-state index contributed by atoms with van der Waals surface area (Å²) in [4.78, 5) is 38.2. The molecule has 39 heavy (non-hydrogen) atoms. The minimum Gasteiger partial charge on any atom is -0.497 e. The highest BCUT2D eigenvalue weighted by atomic mass is 32.1. The van der Waals surface area contributed by atoms with Crippen LogP contribution in [-0.4, -0.2) is 47.2 Å². The molecular weight excluding hydrogens is 516 g/mol. The van der Waals surface area contributed by atoms with Gasteiger partial charge >= 0.3 is 5.97 Å². The van der Waals surface area contributed by atoms with Gasteiger partial charge < -0.3 is 19.2 Å². The van der Waals surface area contributed by atoms with E-state index >= 15 is 0 Å². The molecule has 2 heterocycles. The number of esters is 1. The van der Waals surface area contributed by atoms with Gasteiger partial charge in [-0.25, -0.2) is 14.8 Å². The van der Waals surface area contributed by atoms with Crippen molar-refractivity contribution in [1.29, 1.82) is 0 Å². The molecule has 0 aliphatic rings. The fourth-order valence-electron chi connectivity index (χ4n) is 3.97. The molecule has 9 nitrogen and oxygen atoms in total. The Morgan fingerprint density at radius 3 is 2.49 bits per heavy atom. The first kappa shape index (κ1) is 25.9. The minimum absolute atomic E-state index is 0.305. The number of anilines is 1. The van der Waals surface area contributed by atoms with Crippen molar-refractivity contribution in [3.05, 3.63) is 77.7 Å². The van der Waals surface area contributed by atoms with Gasteiger partial charge in [-0.15, -0.1) is 11.3 Å². The van der Waals surface area contributed by atoms with Crippen molar-refractivity contribution in [2.24, 2.45) is 0 Å². The van der Waals surface area contributed by atoms with E-state index in [9.17, 15) is 9.59 Å². The lowest BCUT2D eigenvalue weighted by atomic mass is 10.2. The summed E-state index contributed by atoms with van der Waals surface area (Å²) in [6, 6.07) is 20.1. The van der Waals surface area contributed by atoms with E-state index in [4.69, 9.17) is 14.2 Å². The quantitative estimate of drug-likeness (QED) is 0.221. The first-order valence-corrected chi connectivity index (χ1v) is 13.1. The maximum absolute atomic E-state index is 12.9. The van der Waals surface area contributed by atoms with E-state index in [0.717, 1.165) is 16.9 Å². The van der Waals surface area contributed by atoms with E-state index in [1.54, 1.807) is 39.3 Å². The Morgan fingerprint density at radius 2 is 1.74 bits per heavy atom. The lowest BCUT2D eigenvalue weighted by Crippen LogP contribution is -2.32. The van der Waals surface area contributed by atoms with Gasteiger partial charge in [0.25, 0.3) is 5.91 Å². The molecule has 5 aromatic rings. The van der Waals surface area contributed by atoms with Crippen LogP contribution in [0.2, 0.25) is 0 Å². The monoisotopic (exact) mass is 542 g/mol. The smallest absolute Gasteiger partial charge is 0.338 e. The number of imidazole rings is 1. The van der Waals surface area contributed by atoms with E-state index in [-0.39, 0.29) is 0 Å². The molecule has 1 unspecified atom stereocenters. The van der Waals surface area contributed by atoms with Crippen LogP contribution in [0.25, 0.3) is 33.7 Å². The number of ether oxygens (including phenoxy) is 3. The number of fused-ring (bicyclic) bond motifs is 1. The molecule has 0 saturated carbocycles. The second-order valence-electron chi connectivity index (χ2n) is 8.61. The number of rotatable bonds is 9. The number of hydrogen-bond acceptors (Lipinski definition) is 8. The zero-order valence-corrected chi connectivity index (χ0v) is 22.4.